The lowest BCUT2D eigenvalue weighted by Gasteiger charge is -2.17. The van der Waals surface area contributed by atoms with Crippen molar-refractivity contribution in [1.82, 2.24) is 4.90 Å². The third-order valence-electron chi connectivity index (χ3n) is 4.22. The van der Waals surface area contributed by atoms with Gasteiger partial charge in [0.2, 0.25) is 5.88 Å². The Morgan fingerprint density at radius 3 is 2.68 bits per heavy atom. The first-order chi connectivity index (χ1) is 14.5. The molecule has 1 saturated heterocycles. The van der Waals surface area contributed by atoms with Crippen molar-refractivity contribution in [1.29, 1.82) is 0 Å². The fourth-order valence-corrected chi connectivity index (χ4v) is 4.56. The van der Waals surface area contributed by atoms with Crippen LogP contribution in [0, 0.1) is 0 Å². The average Bonchev–Trinajstić information content (AvgIpc) is 3.16. The number of aliphatic carboxylic acids is 1. The van der Waals surface area contributed by atoms with Gasteiger partial charge in [-0.25, -0.2) is 0 Å². The van der Waals surface area contributed by atoms with Gasteiger partial charge in [-0.15, -0.1) is 0 Å². The van der Waals surface area contributed by atoms with Crippen molar-refractivity contribution in [3.63, 3.8) is 0 Å². The summed E-state index contributed by atoms with van der Waals surface area (Å²) in [6.07, 6.45) is 4.88. The third kappa shape index (κ3) is 5.73. The minimum Gasteiger partial charge on any atom is -0.480 e. The van der Waals surface area contributed by atoms with E-state index in [4.69, 9.17) is 26.6 Å². The van der Waals surface area contributed by atoms with Crippen LogP contribution >= 0.6 is 24.0 Å². The van der Waals surface area contributed by atoms with E-state index in [1.165, 1.54) is 0 Å². The molecule has 0 aliphatic carbocycles. The van der Waals surface area contributed by atoms with E-state index >= 15 is 0 Å². The summed E-state index contributed by atoms with van der Waals surface area (Å²) in [7, 11) is -4.16. The van der Waals surface area contributed by atoms with Gasteiger partial charge < -0.3 is 14.7 Å². The Bertz CT molecular complexity index is 1140. The second kappa shape index (κ2) is 9.22. The number of thiocarbonyl (C=S) groups is 1. The first-order valence-corrected chi connectivity index (χ1v) is 11.7. The number of carboxylic acids is 1. The summed E-state index contributed by atoms with van der Waals surface area (Å²) >= 11 is 6.09. The van der Waals surface area contributed by atoms with E-state index in [0.29, 0.717) is 27.8 Å². The van der Waals surface area contributed by atoms with Gasteiger partial charge in [0.05, 0.1) is 16.3 Å². The van der Waals surface area contributed by atoms with E-state index in [9.17, 15) is 18.0 Å². The molecule has 1 aromatic carbocycles. The summed E-state index contributed by atoms with van der Waals surface area (Å²) < 4.78 is 37.4. The molecule has 2 N–H and O–H groups in total. The fraction of sp³-hybridized carbons (Fsp3) is 0.211. The lowest BCUT2D eigenvalue weighted by atomic mass is 10.2. The molecule has 0 aromatic heterocycles. The van der Waals surface area contributed by atoms with Gasteiger partial charge in [0.25, 0.3) is 16.0 Å². The number of ether oxygens (including phenoxy) is 1. The van der Waals surface area contributed by atoms with Crippen LogP contribution in [0.1, 0.15) is 6.92 Å². The van der Waals surface area contributed by atoms with E-state index in [1.54, 1.807) is 54.3 Å². The quantitative estimate of drug-likeness (QED) is 0.340. The normalized spacial score (nSPS) is 19.4. The van der Waals surface area contributed by atoms with Crippen LogP contribution in [0.2, 0.25) is 0 Å². The smallest absolute Gasteiger partial charge is 0.323 e. The molecule has 31 heavy (non-hydrogen) atoms. The number of carbonyl (C=O) groups is 2. The lowest BCUT2D eigenvalue weighted by Crippen LogP contribution is -2.33. The highest BCUT2D eigenvalue weighted by atomic mass is 32.2. The maximum Gasteiger partial charge on any atom is 0.323 e. The number of rotatable bonds is 7. The SMILES string of the molecule is CC(=C\C=C1/Oc2ccccc2N1CCS(=O)(=O)O)/C=C1/SC(=S)N(CC(=O)O)C1=O. The Morgan fingerprint density at radius 2 is 2.00 bits per heavy atom. The van der Waals surface area contributed by atoms with E-state index in [-0.39, 0.29) is 10.9 Å². The Balaban J connectivity index is 1.81. The van der Waals surface area contributed by atoms with Crippen molar-refractivity contribution in [3.8, 4) is 5.75 Å². The molecule has 0 atom stereocenters. The maximum atomic E-state index is 12.4. The van der Waals surface area contributed by atoms with Crippen LogP contribution in [0.15, 0.2) is 58.9 Å². The van der Waals surface area contributed by atoms with Crippen LogP contribution in [-0.4, -0.2) is 58.0 Å². The molecule has 1 aromatic rings. The number of nitrogens with zero attached hydrogens (tertiary/aromatic N) is 2. The zero-order valence-electron chi connectivity index (χ0n) is 16.2. The standard InChI is InChI=1S/C19H18N2O7S3/c1-12(10-15-18(24)21(11-17(22)23)19(29)30-15)6-7-16-20(8-9-31(25,26)27)13-4-2-3-5-14(13)28-16/h2-7,10H,8-9,11H2,1H3,(H,22,23)(H,25,26,27)/b12-6+,15-10+,16-7-. The summed E-state index contributed by atoms with van der Waals surface area (Å²) in [4.78, 5) is 26.2. The van der Waals surface area contributed by atoms with Crippen LogP contribution in [-0.2, 0) is 19.7 Å². The van der Waals surface area contributed by atoms with E-state index in [0.717, 1.165) is 16.7 Å². The highest BCUT2D eigenvalue weighted by Crippen LogP contribution is 2.38. The van der Waals surface area contributed by atoms with Crippen molar-refractivity contribution in [2.24, 2.45) is 0 Å². The number of fused-ring (bicyclic) bond motifs is 1. The van der Waals surface area contributed by atoms with E-state index in [1.807, 2.05) is 0 Å². The lowest BCUT2D eigenvalue weighted by molar-refractivity contribution is -0.140. The number of carboxylic acid groups (broad SMARTS) is 1. The molecule has 0 unspecified atom stereocenters. The molecule has 2 heterocycles. The summed E-state index contributed by atoms with van der Waals surface area (Å²) in [5, 5.41) is 8.90. The van der Waals surface area contributed by atoms with Gasteiger partial charge in [0.1, 0.15) is 10.9 Å². The summed E-state index contributed by atoms with van der Waals surface area (Å²) in [6, 6.07) is 7.07. The molecular formula is C19H18N2O7S3. The zero-order valence-corrected chi connectivity index (χ0v) is 18.7. The van der Waals surface area contributed by atoms with Gasteiger partial charge in [-0.05, 0) is 36.8 Å². The predicted molar refractivity (Wildman–Crippen MR) is 120 cm³/mol. The van der Waals surface area contributed by atoms with Crippen molar-refractivity contribution < 1.29 is 32.4 Å². The van der Waals surface area contributed by atoms with Gasteiger partial charge in [0.15, 0.2) is 5.75 Å². The van der Waals surface area contributed by atoms with Crippen LogP contribution in [0.25, 0.3) is 0 Å². The van der Waals surface area contributed by atoms with Crippen molar-refractivity contribution in [2.75, 3.05) is 23.7 Å². The molecule has 9 nitrogen and oxygen atoms in total. The molecule has 0 radical (unpaired) electrons. The van der Waals surface area contributed by atoms with Crippen LogP contribution < -0.4 is 9.64 Å². The molecule has 0 bridgehead atoms. The summed E-state index contributed by atoms with van der Waals surface area (Å²) in [6.45, 7) is 1.23. The second-order valence-corrected chi connectivity index (χ2v) is 9.83. The number of para-hydroxylation sites is 2. The summed E-state index contributed by atoms with van der Waals surface area (Å²) in [5.74, 6) is -1.20. The Hall–Kier alpha value is -2.67. The minimum absolute atomic E-state index is 0.0115. The number of thioether (sulfide) groups is 1. The highest BCUT2D eigenvalue weighted by molar-refractivity contribution is 8.26. The average molecular weight is 483 g/mol. The molecule has 0 spiro atoms. The first-order valence-electron chi connectivity index (χ1n) is 8.90. The highest BCUT2D eigenvalue weighted by Gasteiger charge is 2.33. The molecule has 1 amide bonds. The van der Waals surface area contributed by atoms with Crippen LogP contribution in [0.4, 0.5) is 5.69 Å². The van der Waals surface area contributed by atoms with Crippen molar-refractivity contribution >= 4 is 56.0 Å². The van der Waals surface area contributed by atoms with E-state index in [2.05, 4.69) is 0 Å². The van der Waals surface area contributed by atoms with Crippen LogP contribution in [0.5, 0.6) is 5.75 Å². The maximum absolute atomic E-state index is 12.4. The number of allylic oxidation sites excluding steroid dienone is 4. The molecule has 0 saturated carbocycles. The number of amides is 1. The second-order valence-electron chi connectivity index (χ2n) is 6.58. The molecule has 2 aliphatic heterocycles. The molecular weight excluding hydrogens is 464 g/mol. The first kappa shape index (κ1) is 23.0. The molecule has 2 aliphatic rings. The largest absolute Gasteiger partial charge is 0.480 e. The van der Waals surface area contributed by atoms with Gasteiger partial charge in [0, 0.05) is 6.54 Å². The third-order valence-corrected chi connectivity index (χ3v) is 6.30. The number of hydrogen-bond donors (Lipinski definition) is 2. The topological polar surface area (TPSA) is 124 Å². The predicted octanol–water partition coefficient (Wildman–Crippen LogP) is 2.39. The van der Waals surface area contributed by atoms with Crippen molar-refractivity contribution in [2.45, 2.75) is 6.92 Å². The van der Waals surface area contributed by atoms with Gasteiger partial charge >= 0.3 is 5.97 Å². The van der Waals surface area contributed by atoms with Crippen molar-refractivity contribution in [3.05, 3.63) is 58.9 Å². The van der Waals surface area contributed by atoms with E-state index < -0.39 is 34.3 Å². The van der Waals surface area contributed by atoms with Crippen LogP contribution in [0.3, 0.4) is 0 Å². The molecule has 1 fully saturated rings. The Morgan fingerprint density at radius 1 is 1.29 bits per heavy atom. The number of carbonyl (C=O) groups excluding carboxylic acids is 1. The monoisotopic (exact) mass is 482 g/mol. The molecule has 164 valence electrons. The van der Waals surface area contributed by atoms with Gasteiger partial charge in [-0.2, -0.15) is 8.42 Å². The van der Waals surface area contributed by atoms with Gasteiger partial charge in [-0.3, -0.25) is 19.0 Å². The number of hydrogen-bond acceptors (Lipinski definition) is 8. The molecule has 12 heteroatoms. The Labute approximate surface area is 188 Å². The number of anilines is 1. The van der Waals surface area contributed by atoms with Gasteiger partial charge in [-0.1, -0.05) is 42.2 Å². The zero-order chi connectivity index (χ0) is 22.8. The molecule has 3 rings (SSSR count). The summed E-state index contributed by atoms with van der Waals surface area (Å²) in [5.41, 5.74) is 1.33. The Kier molecular flexibility index (Phi) is 6.84. The fourth-order valence-electron chi connectivity index (χ4n) is 2.84. The minimum atomic E-state index is -4.16. The number of benzene rings is 1.